The number of amides is 2. The van der Waals surface area contributed by atoms with Gasteiger partial charge in [-0.05, 0) is 81.5 Å². The van der Waals surface area contributed by atoms with Crippen LogP contribution in [0.3, 0.4) is 0 Å². The highest BCUT2D eigenvalue weighted by molar-refractivity contribution is 14.1. The molecule has 7 heterocycles. The van der Waals surface area contributed by atoms with Gasteiger partial charge in [0.15, 0.2) is 0 Å². The zero-order valence-corrected chi connectivity index (χ0v) is 19.3. The van der Waals surface area contributed by atoms with Gasteiger partial charge in [0.1, 0.15) is 0 Å². The van der Waals surface area contributed by atoms with Gasteiger partial charge in [0.2, 0.25) is 11.8 Å². The topological polar surface area (TPSA) is 47.1 Å². The highest BCUT2D eigenvalue weighted by Crippen LogP contribution is 2.34. The van der Waals surface area contributed by atoms with E-state index in [-0.39, 0.29) is 12.1 Å². The number of carbonyl (C=O) groups excluding carboxylic acids is 2. The largest absolute Gasteiger partial charge is 0.338 e. The van der Waals surface area contributed by atoms with Crippen molar-refractivity contribution < 1.29 is 9.59 Å². The van der Waals surface area contributed by atoms with Crippen LogP contribution in [0.15, 0.2) is 0 Å². The molecule has 0 radical (unpaired) electrons. The van der Waals surface area contributed by atoms with Crippen molar-refractivity contribution in [1.82, 2.24) is 19.6 Å². The van der Waals surface area contributed by atoms with Crippen molar-refractivity contribution in [2.75, 3.05) is 57.3 Å². The molecule has 2 amide bonds. The SMILES string of the molecule is CI.O=C(C1CC2CCN1CC2)N1CCN(C(=O)C2CC3CCN2CC3)CC1. The summed E-state index contributed by atoms with van der Waals surface area (Å²) in [7, 11) is 0. The van der Waals surface area contributed by atoms with Crippen LogP contribution in [-0.4, -0.2) is 101 Å². The lowest BCUT2D eigenvalue weighted by Gasteiger charge is -2.48. The Bertz CT molecular complexity index is 515. The van der Waals surface area contributed by atoms with Crippen LogP contribution in [0.25, 0.3) is 0 Å². The molecule has 6 nitrogen and oxygen atoms in total. The second-order valence-electron chi connectivity index (χ2n) is 9.11. The van der Waals surface area contributed by atoms with E-state index in [4.69, 9.17) is 0 Å². The van der Waals surface area contributed by atoms with Crippen LogP contribution in [0.4, 0.5) is 0 Å². The molecule has 7 fully saturated rings. The Morgan fingerprint density at radius 1 is 0.607 bits per heavy atom. The number of rotatable bonds is 2. The van der Waals surface area contributed by atoms with E-state index >= 15 is 0 Å². The van der Waals surface area contributed by atoms with E-state index in [1.165, 1.54) is 25.7 Å². The molecule has 4 bridgehead atoms. The minimum Gasteiger partial charge on any atom is -0.338 e. The molecule has 7 rings (SSSR count). The standard InChI is InChI=1S/C20H32N4O2.CH3I/c25-19(17-13-15-1-5-21(17)6-2-15)23-9-11-24(12-10-23)20(26)18-14-16-3-7-22(18)8-4-16;1-2/h15-18H,1-14H2;1H3. The van der Waals surface area contributed by atoms with Crippen LogP contribution in [0, 0.1) is 11.8 Å². The summed E-state index contributed by atoms with van der Waals surface area (Å²) in [6.45, 7) is 7.25. The first-order chi connectivity index (χ1) is 13.7. The van der Waals surface area contributed by atoms with Crippen LogP contribution >= 0.6 is 22.6 Å². The molecule has 2 atom stereocenters. The molecule has 7 aliphatic heterocycles. The predicted octanol–water partition coefficient (Wildman–Crippen LogP) is 1.68. The Hall–Kier alpha value is -0.410. The van der Waals surface area contributed by atoms with E-state index in [2.05, 4.69) is 32.4 Å². The Labute approximate surface area is 183 Å². The maximum absolute atomic E-state index is 13.0. The third-order valence-electron chi connectivity index (χ3n) is 7.77. The monoisotopic (exact) mass is 502 g/mol. The van der Waals surface area contributed by atoms with E-state index < -0.39 is 0 Å². The number of piperidine rings is 6. The zero-order valence-electron chi connectivity index (χ0n) is 17.2. The Kier molecular flexibility index (Phi) is 6.82. The van der Waals surface area contributed by atoms with Crippen LogP contribution < -0.4 is 0 Å². The Morgan fingerprint density at radius 3 is 1.18 bits per heavy atom. The Morgan fingerprint density at radius 2 is 0.929 bits per heavy atom. The maximum Gasteiger partial charge on any atom is 0.240 e. The first-order valence-corrected chi connectivity index (χ1v) is 13.3. The molecule has 0 N–H and O–H groups in total. The van der Waals surface area contributed by atoms with E-state index in [0.717, 1.165) is 77.0 Å². The lowest BCUT2D eigenvalue weighted by Crippen LogP contribution is -2.62. The fourth-order valence-corrected chi connectivity index (χ4v) is 6.01. The molecule has 7 saturated heterocycles. The highest BCUT2D eigenvalue weighted by atomic mass is 127. The number of hydrogen-bond donors (Lipinski definition) is 0. The number of halogens is 1. The minimum absolute atomic E-state index is 0.116. The molecule has 0 saturated carbocycles. The van der Waals surface area contributed by atoms with Crippen molar-refractivity contribution in [2.45, 2.75) is 50.6 Å². The molecule has 0 aliphatic carbocycles. The van der Waals surface area contributed by atoms with Gasteiger partial charge >= 0.3 is 0 Å². The Balaban J connectivity index is 0.000000932. The molecular formula is C21H35IN4O2. The fraction of sp³-hybridized carbons (Fsp3) is 0.905. The van der Waals surface area contributed by atoms with Crippen molar-refractivity contribution in [1.29, 1.82) is 0 Å². The summed E-state index contributed by atoms with van der Waals surface area (Å²) in [5.74, 6) is 2.16. The summed E-state index contributed by atoms with van der Waals surface area (Å²) in [6.07, 6.45) is 7.18. The molecule has 7 aliphatic rings. The van der Waals surface area contributed by atoms with Gasteiger partial charge in [0.25, 0.3) is 0 Å². The van der Waals surface area contributed by atoms with E-state index in [9.17, 15) is 9.59 Å². The number of piperazine rings is 1. The minimum atomic E-state index is 0.116. The third-order valence-corrected chi connectivity index (χ3v) is 7.77. The van der Waals surface area contributed by atoms with Crippen LogP contribution in [0.5, 0.6) is 0 Å². The number of hydrogen-bond acceptors (Lipinski definition) is 4. The van der Waals surface area contributed by atoms with Gasteiger partial charge in [-0.25, -0.2) is 0 Å². The van der Waals surface area contributed by atoms with Gasteiger partial charge in [-0.3, -0.25) is 19.4 Å². The fourth-order valence-electron chi connectivity index (χ4n) is 6.01. The van der Waals surface area contributed by atoms with Crippen molar-refractivity contribution in [2.24, 2.45) is 11.8 Å². The molecule has 158 valence electrons. The summed E-state index contributed by atoms with van der Waals surface area (Å²) in [6, 6.07) is 0.231. The van der Waals surface area contributed by atoms with Gasteiger partial charge < -0.3 is 9.80 Å². The second kappa shape index (κ2) is 9.16. The summed E-state index contributed by atoms with van der Waals surface area (Å²) in [4.78, 5) is 36.8. The van der Waals surface area contributed by atoms with E-state index in [1.54, 1.807) is 0 Å². The summed E-state index contributed by atoms with van der Waals surface area (Å²) >= 11 is 2.15. The molecule has 0 aromatic rings. The van der Waals surface area contributed by atoms with Crippen LogP contribution in [0.1, 0.15) is 38.5 Å². The summed E-state index contributed by atoms with van der Waals surface area (Å²) in [5, 5.41) is 0. The van der Waals surface area contributed by atoms with Gasteiger partial charge in [-0.15, -0.1) is 0 Å². The van der Waals surface area contributed by atoms with Crippen LogP contribution in [-0.2, 0) is 9.59 Å². The van der Waals surface area contributed by atoms with Crippen molar-refractivity contribution in [3.05, 3.63) is 0 Å². The number of fused-ring (bicyclic) bond motifs is 6. The lowest BCUT2D eigenvalue weighted by atomic mass is 9.82. The molecule has 0 aromatic carbocycles. The molecule has 2 unspecified atom stereocenters. The maximum atomic E-state index is 13.0. The van der Waals surface area contributed by atoms with E-state index in [1.807, 2.05) is 14.7 Å². The zero-order chi connectivity index (χ0) is 19.7. The van der Waals surface area contributed by atoms with Gasteiger partial charge in [0.05, 0.1) is 12.1 Å². The van der Waals surface area contributed by atoms with Crippen molar-refractivity contribution in [3.63, 3.8) is 0 Å². The lowest BCUT2D eigenvalue weighted by molar-refractivity contribution is -0.149. The molecule has 7 heteroatoms. The summed E-state index contributed by atoms with van der Waals surface area (Å²) < 4.78 is 0. The summed E-state index contributed by atoms with van der Waals surface area (Å²) in [5.41, 5.74) is 0. The quantitative estimate of drug-likeness (QED) is 0.426. The smallest absolute Gasteiger partial charge is 0.240 e. The van der Waals surface area contributed by atoms with E-state index in [0.29, 0.717) is 11.8 Å². The first kappa shape index (κ1) is 20.8. The van der Waals surface area contributed by atoms with Crippen molar-refractivity contribution in [3.8, 4) is 0 Å². The molecule has 28 heavy (non-hydrogen) atoms. The van der Waals surface area contributed by atoms with Gasteiger partial charge in [-0.2, -0.15) is 0 Å². The second-order valence-corrected chi connectivity index (χ2v) is 9.11. The molecule has 0 aromatic heterocycles. The number of alkyl halides is 1. The van der Waals surface area contributed by atoms with Crippen LogP contribution in [0.2, 0.25) is 0 Å². The van der Waals surface area contributed by atoms with Gasteiger partial charge in [-0.1, -0.05) is 22.6 Å². The van der Waals surface area contributed by atoms with Crippen molar-refractivity contribution >= 4 is 34.4 Å². The average molecular weight is 502 g/mol. The normalized spacial score (nSPS) is 39.4. The number of nitrogens with zero attached hydrogens (tertiary/aromatic N) is 4. The third kappa shape index (κ3) is 4.08. The highest BCUT2D eigenvalue weighted by Gasteiger charge is 2.42. The van der Waals surface area contributed by atoms with Gasteiger partial charge in [0, 0.05) is 26.2 Å². The number of carbonyl (C=O) groups is 2. The molecular weight excluding hydrogens is 467 g/mol. The first-order valence-electron chi connectivity index (χ1n) is 11.1. The molecule has 0 spiro atoms. The average Bonchev–Trinajstić information content (AvgIpc) is 2.81. The predicted molar refractivity (Wildman–Crippen MR) is 119 cm³/mol.